The van der Waals surface area contributed by atoms with Gasteiger partial charge in [0.2, 0.25) is 5.88 Å². The number of hydrogen-bond donors (Lipinski definition) is 1. The number of anilines is 1. The Bertz CT molecular complexity index is 666. The molecule has 0 amide bonds. The number of hydrogen-bond acceptors (Lipinski definition) is 4. The minimum atomic E-state index is 0.282. The molecule has 2 aromatic rings. The lowest BCUT2D eigenvalue weighted by Gasteiger charge is -2.11. The number of benzene rings is 1. The summed E-state index contributed by atoms with van der Waals surface area (Å²) >= 11 is 12.1. The summed E-state index contributed by atoms with van der Waals surface area (Å²) in [6, 6.07) is 10.9. The lowest BCUT2D eigenvalue weighted by atomic mass is 10.2. The zero-order valence-electron chi connectivity index (χ0n) is 11.4. The number of nitriles is 1. The first-order chi connectivity index (χ1) is 10.1. The summed E-state index contributed by atoms with van der Waals surface area (Å²) < 4.78 is 5.66. The van der Waals surface area contributed by atoms with Crippen molar-refractivity contribution in [2.75, 3.05) is 11.9 Å². The maximum atomic E-state index is 8.64. The molecule has 0 aliphatic rings. The second kappa shape index (κ2) is 7.16. The van der Waals surface area contributed by atoms with Crippen molar-refractivity contribution in [2.45, 2.75) is 13.3 Å². The smallest absolute Gasteiger partial charge is 0.240 e. The standard InChI is InChI=1S/C15H13Cl2N3O/c1-2-19-14-12(16)9-13(17)15(20-14)21-11-5-3-10(4-6-11)7-8-18/h3-6,9H,2,7H2,1H3,(H,19,20). The number of rotatable bonds is 5. The van der Waals surface area contributed by atoms with E-state index in [9.17, 15) is 0 Å². The van der Waals surface area contributed by atoms with Crippen molar-refractivity contribution in [3.05, 3.63) is 45.9 Å². The zero-order chi connectivity index (χ0) is 15.2. The molecular formula is C15H13Cl2N3O. The Hall–Kier alpha value is -1.96. The SMILES string of the molecule is CCNc1nc(Oc2ccc(CC#N)cc2)c(Cl)cc1Cl. The molecule has 108 valence electrons. The number of pyridine rings is 1. The molecule has 0 radical (unpaired) electrons. The molecule has 0 aliphatic heterocycles. The second-order valence-electron chi connectivity index (χ2n) is 4.22. The summed E-state index contributed by atoms with van der Waals surface area (Å²) in [4.78, 5) is 4.27. The van der Waals surface area contributed by atoms with Gasteiger partial charge in [0, 0.05) is 6.54 Å². The minimum absolute atomic E-state index is 0.282. The van der Waals surface area contributed by atoms with E-state index in [1.54, 1.807) is 18.2 Å². The summed E-state index contributed by atoms with van der Waals surface area (Å²) in [6.07, 6.45) is 0.366. The summed E-state index contributed by atoms with van der Waals surface area (Å²) in [5, 5.41) is 12.5. The molecular weight excluding hydrogens is 309 g/mol. The molecule has 1 aromatic carbocycles. The quantitative estimate of drug-likeness (QED) is 0.868. The molecule has 0 fully saturated rings. The highest BCUT2D eigenvalue weighted by molar-refractivity contribution is 6.36. The van der Waals surface area contributed by atoms with Gasteiger partial charge in [0.15, 0.2) is 0 Å². The molecule has 0 atom stereocenters. The van der Waals surface area contributed by atoms with Crippen LogP contribution in [0.3, 0.4) is 0 Å². The molecule has 0 aliphatic carbocycles. The number of nitrogens with one attached hydrogen (secondary N) is 1. The maximum absolute atomic E-state index is 8.64. The van der Waals surface area contributed by atoms with Crippen LogP contribution in [0, 0.1) is 11.3 Å². The first-order valence-electron chi connectivity index (χ1n) is 6.37. The van der Waals surface area contributed by atoms with Crippen molar-refractivity contribution in [3.63, 3.8) is 0 Å². The molecule has 21 heavy (non-hydrogen) atoms. The third-order valence-electron chi connectivity index (χ3n) is 2.66. The Kier molecular flexibility index (Phi) is 5.26. The normalized spacial score (nSPS) is 10.0. The van der Waals surface area contributed by atoms with E-state index in [1.807, 2.05) is 19.1 Å². The first-order valence-corrected chi connectivity index (χ1v) is 7.13. The van der Waals surface area contributed by atoms with E-state index in [1.165, 1.54) is 0 Å². The van der Waals surface area contributed by atoms with Gasteiger partial charge < -0.3 is 10.1 Å². The zero-order valence-corrected chi connectivity index (χ0v) is 12.9. The van der Waals surface area contributed by atoms with E-state index >= 15 is 0 Å². The molecule has 0 unspecified atom stereocenters. The molecule has 0 saturated heterocycles. The predicted octanol–water partition coefficient (Wildman–Crippen LogP) is 4.68. The summed E-state index contributed by atoms with van der Waals surface area (Å²) in [6.45, 7) is 2.64. The molecule has 1 aromatic heterocycles. The van der Waals surface area contributed by atoms with Gasteiger partial charge in [-0.05, 0) is 30.7 Å². The van der Waals surface area contributed by atoms with E-state index in [0.29, 0.717) is 34.6 Å². The fraction of sp³-hybridized carbons (Fsp3) is 0.200. The average molecular weight is 322 g/mol. The summed E-state index contributed by atoms with van der Waals surface area (Å²) in [7, 11) is 0. The van der Waals surface area contributed by atoms with Crippen LogP contribution in [0.1, 0.15) is 12.5 Å². The van der Waals surface area contributed by atoms with Crippen LogP contribution in [0.15, 0.2) is 30.3 Å². The van der Waals surface area contributed by atoms with E-state index < -0.39 is 0 Å². The van der Waals surface area contributed by atoms with E-state index in [-0.39, 0.29) is 5.88 Å². The molecule has 1 N–H and O–H groups in total. The third kappa shape index (κ3) is 4.01. The van der Waals surface area contributed by atoms with Gasteiger partial charge in [0.05, 0.1) is 17.5 Å². The topological polar surface area (TPSA) is 57.9 Å². The van der Waals surface area contributed by atoms with Crippen LogP contribution in [0.4, 0.5) is 5.82 Å². The number of ether oxygens (including phenoxy) is 1. The van der Waals surface area contributed by atoms with Crippen molar-refractivity contribution in [2.24, 2.45) is 0 Å². The third-order valence-corrected chi connectivity index (χ3v) is 3.22. The highest BCUT2D eigenvalue weighted by Gasteiger charge is 2.11. The number of nitrogens with zero attached hydrogens (tertiary/aromatic N) is 2. The van der Waals surface area contributed by atoms with Crippen molar-refractivity contribution in [1.82, 2.24) is 4.98 Å². The minimum Gasteiger partial charge on any atom is -0.437 e. The van der Waals surface area contributed by atoms with Crippen molar-refractivity contribution >= 4 is 29.0 Å². The van der Waals surface area contributed by atoms with Crippen molar-refractivity contribution in [3.8, 4) is 17.7 Å². The average Bonchev–Trinajstić information content (AvgIpc) is 2.46. The highest BCUT2D eigenvalue weighted by Crippen LogP contribution is 2.33. The monoisotopic (exact) mass is 321 g/mol. The Morgan fingerprint density at radius 3 is 2.57 bits per heavy atom. The van der Waals surface area contributed by atoms with Gasteiger partial charge in [-0.1, -0.05) is 35.3 Å². The lowest BCUT2D eigenvalue weighted by Crippen LogP contribution is -2.01. The fourth-order valence-electron chi connectivity index (χ4n) is 1.69. The van der Waals surface area contributed by atoms with Gasteiger partial charge in [0.25, 0.3) is 0 Å². The van der Waals surface area contributed by atoms with Gasteiger partial charge >= 0.3 is 0 Å². The van der Waals surface area contributed by atoms with Crippen LogP contribution in [0.2, 0.25) is 10.0 Å². The molecule has 1 heterocycles. The van der Waals surface area contributed by atoms with Crippen LogP contribution >= 0.6 is 23.2 Å². The van der Waals surface area contributed by atoms with Gasteiger partial charge in [-0.2, -0.15) is 10.2 Å². The number of aromatic nitrogens is 1. The van der Waals surface area contributed by atoms with Gasteiger partial charge in [0.1, 0.15) is 16.6 Å². The molecule has 2 rings (SSSR count). The summed E-state index contributed by atoms with van der Waals surface area (Å²) in [5.41, 5.74) is 0.924. The second-order valence-corrected chi connectivity index (χ2v) is 5.03. The Balaban J connectivity index is 2.22. The lowest BCUT2D eigenvalue weighted by molar-refractivity contribution is 0.464. The van der Waals surface area contributed by atoms with Crippen LogP contribution in [-0.4, -0.2) is 11.5 Å². The number of halogens is 2. The van der Waals surface area contributed by atoms with Crippen LogP contribution in [0.25, 0.3) is 0 Å². The highest BCUT2D eigenvalue weighted by atomic mass is 35.5. The van der Waals surface area contributed by atoms with Gasteiger partial charge in [-0.15, -0.1) is 0 Å². The predicted molar refractivity (Wildman–Crippen MR) is 84.3 cm³/mol. The van der Waals surface area contributed by atoms with E-state index in [2.05, 4.69) is 16.4 Å². The fourth-order valence-corrected chi connectivity index (χ4v) is 2.15. The molecule has 0 bridgehead atoms. The first kappa shape index (κ1) is 15.4. The Morgan fingerprint density at radius 1 is 1.24 bits per heavy atom. The van der Waals surface area contributed by atoms with Crippen molar-refractivity contribution in [1.29, 1.82) is 5.26 Å². The van der Waals surface area contributed by atoms with Gasteiger partial charge in [-0.3, -0.25) is 0 Å². The molecule has 0 saturated carbocycles. The van der Waals surface area contributed by atoms with Gasteiger partial charge in [-0.25, -0.2) is 0 Å². The Labute approximate surface area is 133 Å². The van der Waals surface area contributed by atoms with E-state index in [0.717, 1.165) is 5.56 Å². The molecule has 0 spiro atoms. The maximum Gasteiger partial charge on any atom is 0.240 e. The molecule has 6 heteroatoms. The molecule has 4 nitrogen and oxygen atoms in total. The van der Waals surface area contributed by atoms with Crippen LogP contribution in [-0.2, 0) is 6.42 Å². The van der Waals surface area contributed by atoms with Crippen LogP contribution < -0.4 is 10.1 Å². The Morgan fingerprint density at radius 2 is 1.95 bits per heavy atom. The van der Waals surface area contributed by atoms with Crippen molar-refractivity contribution < 1.29 is 4.74 Å². The summed E-state index contributed by atoms with van der Waals surface area (Å²) in [5.74, 6) is 1.40. The largest absolute Gasteiger partial charge is 0.437 e. The van der Waals surface area contributed by atoms with E-state index in [4.69, 9.17) is 33.2 Å². The van der Waals surface area contributed by atoms with Crippen LogP contribution in [0.5, 0.6) is 11.6 Å².